The summed E-state index contributed by atoms with van der Waals surface area (Å²) >= 11 is 0. The van der Waals surface area contributed by atoms with Gasteiger partial charge in [-0.25, -0.2) is 0 Å². The summed E-state index contributed by atoms with van der Waals surface area (Å²) < 4.78 is 5.82. The number of hydrogen-bond donors (Lipinski definition) is 1. The van der Waals surface area contributed by atoms with Crippen LogP contribution in [0.1, 0.15) is 32.1 Å². The van der Waals surface area contributed by atoms with Crippen molar-refractivity contribution in [3.05, 3.63) is 0 Å². The lowest BCUT2D eigenvalue weighted by Crippen LogP contribution is -2.60. The van der Waals surface area contributed by atoms with Gasteiger partial charge in [-0.15, -0.1) is 0 Å². The summed E-state index contributed by atoms with van der Waals surface area (Å²) in [6.07, 6.45) is 6.86. The molecule has 0 aromatic heterocycles. The van der Waals surface area contributed by atoms with Crippen molar-refractivity contribution in [2.24, 2.45) is 17.8 Å². The van der Waals surface area contributed by atoms with Crippen molar-refractivity contribution in [1.29, 1.82) is 0 Å². The lowest BCUT2D eigenvalue weighted by molar-refractivity contribution is -0.156. The van der Waals surface area contributed by atoms with Gasteiger partial charge in [0.05, 0.1) is 5.60 Å². The third kappa shape index (κ3) is 1.10. The SMILES string of the molecule is CNC1C2CC3CC1CC(OC)(C3)C2. The molecule has 4 rings (SSSR count). The van der Waals surface area contributed by atoms with Gasteiger partial charge in [0.25, 0.3) is 0 Å². The monoisotopic (exact) mass is 195 g/mol. The summed E-state index contributed by atoms with van der Waals surface area (Å²) in [5.41, 5.74) is 0.282. The van der Waals surface area contributed by atoms with E-state index < -0.39 is 0 Å². The Morgan fingerprint density at radius 3 is 2.29 bits per heavy atom. The van der Waals surface area contributed by atoms with Crippen molar-refractivity contribution in [2.75, 3.05) is 14.2 Å². The Kier molecular flexibility index (Phi) is 1.94. The molecule has 2 nitrogen and oxygen atoms in total. The van der Waals surface area contributed by atoms with Crippen LogP contribution >= 0.6 is 0 Å². The second kappa shape index (κ2) is 2.96. The molecule has 80 valence electrons. The molecule has 0 aromatic rings. The smallest absolute Gasteiger partial charge is 0.0687 e. The summed E-state index contributed by atoms with van der Waals surface area (Å²) in [5, 5.41) is 3.53. The molecule has 4 fully saturated rings. The molecule has 0 aliphatic heterocycles. The van der Waals surface area contributed by atoms with Gasteiger partial charge in [0.1, 0.15) is 0 Å². The number of rotatable bonds is 2. The lowest BCUT2D eigenvalue weighted by atomic mass is 9.52. The van der Waals surface area contributed by atoms with E-state index >= 15 is 0 Å². The number of nitrogens with one attached hydrogen (secondary N) is 1. The highest BCUT2D eigenvalue weighted by molar-refractivity contribution is 5.08. The maximum atomic E-state index is 5.82. The van der Waals surface area contributed by atoms with Crippen LogP contribution in [-0.2, 0) is 4.74 Å². The quantitative estimate of drug-likeness (QED) is 0.725. The average molecular weight is 195 g/mol. The molecule has 2 atom stereocenters. The Morgan fingerprint density at radius 2 is 1.79 bits per heavy atom. The zero-order chi connectivity index (χ0) is 9.76. The molecule has 0 amide bonds. The molecule has 14 heavy (non-hydrogen) atoms. The zero-order valence-electron chi connectivity index (χ0n) is 9.25. The zero-order valence-corrected chi connectivity index (χ0v) is 9.25. The Hall–Kier alpha value is -0.0800. The highest BCUT2D eigenvalue weighted by Crippen LogP contribution is 2.56. The number of hydrogen-bond acceptors (Lipinski definition) is 2. The van der Waals surface area contributed by atoms with E-state index in [0.717, 1.165) is 23.8 Å². The van der Waals surface area contributed by atoms with Gasteiger partial charge in [-0.2, -0.15) is 0 Å². The second-order valence-corrected chi connectivity index (χ2v) is 5.67. The summed E-state index contributed by atoms with van der Waals surface area (Å²) in [4.78, 5) is 0. The molecule has 2 heteroatoms. The van der Waals surface area contributed by atoms with E-state index in [0.29, 0.717) is 0 Å². The van der Waals surface area contributed by atoms with Crippen LogP contribution in [0.3, 0.4) is 0 Å². The lowest BCUT2D eigenvalue weighted by Gasteiger charge is -2.59. The molecule has 0 heterocycles. The first-order chi connectivity index (χ1) is 6.76. The molecule has 4 aliphatic rings. The highest BCUT2D eigenvalue weighted by Gasteiger charge is 2.55. The maximum Gasteiger partial charge on any atom is 0.0687 e. The molecule has 0 spiro atoms. The number of methoxy groups -OCH3 is 1. The Morgan fingerprint density at radius 1 is 1.14 bits per heavy atom. The van der Waals surface area contributed by atoms with Gasteiger partial charge in [0.15, 0.2) is 0 Å². The Labute approximate surface area is 86.4 Å². The molecule has 0 radical (unpaired) electrons. The molecular formula is C12H21NO. The topological polar surface area (TPSA) is 21.3 Å². The Bertz CT molecular complexity index is 224. The van der Waals surface area contributed by atoms with Crippen LogP contribution in [0.15, 0.2) is 0 Å². The molecule has 1 N–H and O–H groups in total. The van der Waals surface area contributed by atoms with Crippen LogP contribution in [0, 0.1) is 17.8 Å². The normalized spacial score (nSPS) is 55.3. The van der Waals surface area contributed by atoms with E-state index in [-0.39, 0.29) is 5.60 Å². The van der Waals surface area contributed by atoms with Crippen LogP contribution in [0.4, 0.5) is 0 Å². The van der Waals surface area contributed by atoms with Crippen molar-refractivity contribution >= 4 is 0 Å². The van der Waals surface area contributed by atoms with E-state index in [4.69, 9.17) is 4.74 Å². The van der Waals surface area contributed by atoms with Crippen molar-refractivity contribution in [1.82, 2.24) is 5.32 Å². The summed E-state index contributed by atoms with van der Waals surface area (Å²) in [5.74, 6) is 2.76. The first-order valence-electron chi connectivity index (χ1n) is 5.99. The third-order valence-electron chi connectivity index (χ3n) is 4.98. The maximum absolute atomic E-state index is 5.82. The largest absolute Gasteiger partial charge is 0.378 e. The molecule has 0 saturated heterocycles. The van der Waals surface area contributed by atoms with Crippen molar-refractivity contribution in [2.45, 2.75) is 43.7 Å². The molecule has 2 unspecified atom stereocenters. The molecule has 4 saturated carbocycles. The predicted octanol–water partition coefficient (Wildman–Crippen LogP) is 1.80. The summed E-state index contributed by atoms with van der Waals surface area (Å²) in [6, 6.07) is 0.787. The second-order valence-electron chi connectivity index (χ2n) is 5.67. The summed E-state index contributed by atoms with van der Waals surface area (Å²) in [7, 11) is 4.05. The molecule has 4 aliphatic carbocycles. The van der Waals surface area contributed by atoms with Crippen LogP contribution in [0.2, 0.25) is 0 Å². The fourth-order valence-corrected chi connectivity index (χ4v) is 4.67. The fourth-order valence-electron chi connectivity index (χ4n) is 4.67. The predicted molar refractivity (Wildman–Crippen MR) is 56.1 cm³/mol. The minimum Gasteiger partial charge on any atom is -0.378 e. The van der Waals surface area contributed by atoms with Crippen molar-refractivity contribution in [3.8, 4) is 0 Å². The van der Waals surface area contributed by atoms with Crippen LogP contribution in [0.5, 0.6) is 0 Å². The van der Waals surface area contributed by atoms with Crippen LogP contribution < -0.4 is 5.32 Å². The van der Waals surface area contributed by atoms with Crippen LogP contribution in [0.25, 0.3) is 0 Å². The fraction of sp³-hybridized carbons (Fsp3) is 1.00. The molecule has 0 aromatic carbocycles. The van der Waals surface area contributed by atoms with E-state index in [2.05, 4.69) is 12.4 Å². The van der Waals surface area contributed by atoms with Gasteiger partial charge in [-0.05, 0) is 56.9 Å². The van der Waals surface area contributed by atoms with Crippen LogP contribution in [-0.4, -0.2) is 25.8 Å². The summed E-state index contributed by atoms with van der Waals surface area (Å²) in [6.45, 7) is 0. The van der Waals surface area contributed by atoms with Gasteiger partial charge in [0.2, 0.25) is 0 Å². The molecular weight excluding hydrogens is 174 g/mol. The molecule has 4 bridgehead atoms. The van der Waals surface area contributed by atoms with E-state index in [1.807, 2.05) is 7.11 Å². The standard InChI is InChI=1S/C12H21NO/c1-13-11-9-3-8-4-10(11)7-12(5-8,6-9)14-2/h8-11,13H,3-7H2,1-2H3. The average Bonchev–Trinajstić information content (AvgIpc) is 2.17. The van der Waals surface area contributed by atoms with E-state index in [1.54, 1.807) is 0 Å². The van der Waals surface area contributed by atoms with E-state index in [9.17, 15) is 0 Å². The van der Waals surface area contributed by atoms with Crippen molar-refractivity contribution < 1.29 is 4.74 Å². The minimum absolute atomic E-state index is 0.282. The van der Waals surface area contributed by atoms with Gasteiger partial charge in [-0.3, -0.25) is 0 Å². The first-order valence-corrected chi connectivity index (χ1v) is 5.99. The third-order valence-corrected chi connectivity index (χ3v) is 4.98. The van der Waals surface area contributed by atoms with E-state index in [1.165, 1.54) is 32.1 Å². The van der Waals surface area contributed by atoms with Gasteiger partial charge < -0.3 is 10.1 Å². The first kappa shape index (κ1) is 9.17. The van der Waals surface area contributed by atoms with Crippen molar-refractivity contribution in [3.63, 3.8) is 0 Å². The Balaban J connectivity index is 1.88. The van der Waals surface area contributed by atoms with Gasteiger partial charge >= 0.3 is 0 Å². The van der Waals surface area contributed by atoms with Gasteiger partial charge in [-0.1, -0.05) is 0 Å². The number of ether oxygens (including phenoxy) is 1. The van der Waals surface area contributed by atoms with Gasteiger partial charge in [0, 0.05) is 13.2 Å². The highest BCUT2D eigenvalue weighted by atomic mass is 16.5. The minimum atomic E-state index is 0.282.